The maximum absolute atomic E-state index is 12.6. The van der Waals surface area contributed by atoms with Gasteiger partial charge in [-0.25, -0.2) is 0 Å². The van der Waals surface area contributed by atoms with Crippen LogP contribution in [-0.4, -0.2) is 46.8 Å². The minimum absolute atomic E-state index is 0.203. The lowest BCUT2D eigenvalue weighted by molar-refractivity contribution is -0.133. The second kappa shape index (κ2) is 7.47. The number of amides is 1. The van der Waals surface area contributed by atoms with Crippen molar-refractivity contribution in [2.45, 2.75) is 60.4 Å². The van der Waals surface area contributed by atoms with Crippen LogP contribution in [0.15, 0.2) is 0 Å². The SMILES string of the molecule is CCN1CCCC(C)(C(=O)NCCc2c(C)nn(CC)c2C)C1. The van der Waals surface area contributed by atoms with E-state index >= 15 is 0 Å². The Bertz CT molecular complexity index is 551. The molecule has 0 aliphatic carbocycles. The number of likely N-dealkylation sites (tertiary alicyclic amines) is 1. The fourth-order valence-corrected chi connectivity index (χ4v) is 3.72. The van der Waals surface area contributed by atoms with Crippen molar-refractivity contribution >= 4 is 5.91 Å². The molecule has 1 aliphatic heterocycles. The van der Waals surface area contributed by atoms with Crippen LogP contribution >= 0.6 is 0 Å². The topological polar surface area (TPSA) is 50.2 Å². The van der Waals surface area contributed by atoms with Crippen molar-refractivity contribution in [3.8, 4) is 0 Å². The zero-order chi connectivity index (χ0) is 17.0. The van der Waals surface area contributed by atoms with Gasteiger partial charge < -0.3 is 10.2 Å². The molecule has 1 fully saturated rings. The highest BCUT2D eigenvalue weighted by Gasteiger charge is 2.37. The van der Waals surface area contributed by atoms with E-state index in [4.69, 9.17) is 0 Å². The summed E-state index contributed by atoms with van der Waals surface area (Å²) in [5.41, 5.74) is 3.34. The highest BCUT2D eigenvalue weighted by molar-refractivity contribution is 5.82. The predicted molar refractivity (Wildman–Crippen MR) is 93.5 cm³/mol. The van der Waals surface area contributed by atoms with E-state index < -0.39 is 0 Å². The fraction of sp³-hybridized carbons (Fsp3) is 0.778. The normalized spacial score (nSPS) is 22.3. The number of nitrogens with one attached hydrogen (secondary N) is 1. The Morgan fingerprint density at radius 2 is 2.04 bits per heavy atom. The minimum Gasteiger partial charge on any atom is -0.355 e. The number of hydrogen-bond donors (Lipinski definition) is 1. The third-order valence-electron chi connectivity index (χ3n) is 5.26. The van der Waals surface area contributed by atoms with Gasteiger partial charge >= 0.3 is 0 Å². The van der Waals surface area contributed by atoms with Crippen LogP contribution in [0.3, 0.4) is 0 Å². The molecule has 1 atom stereocenters. The first-order valence-corrected chi connectivity index (χ1v) is 8.94. The van der Waals surface area contributed by atoms with Crippen LogP contribution in [-0.2, 0) is 17.8 Å². The molecule has 1 amide bonds. The molecule has 1 aromatic heterocycles. The van der Waals surface area contributed by atoms with Crippen LogP contribution in [0.5, 0.6) is 0 Å². The first-order chi connectivity index (χ1) is 10.9. The fourth-order valence-electron chi connectivity index (χ4n) is 3.72. The van der Waals surface area contributed by atoms with Gasteiger partial charge in [0.15, 0.2) is 0 Å². The van der Waals surface area contributed by atoms with Gasteiger partial charge in [0.1, 0.15) is 0 Å². The smallest absolute Gasteiger partial charge is 0.227 e. The summed E-state index contributed by atoms with van der Waals surface area (Å²) < 4.78 is 2.04. The van der Waals surface area contributed by atoms with E-state index in [0.29, 0.717) is 6.54 Å². The highest BCUT2D eigenvalue weighted by atomic mass is 16.2. The largest absolute Gasteiger partial charge is 0.355 e. The molecule has 1 N–H and O–H groups in total. The van der Waals surface area contributed by atoms with Crippen molar-refractivity contribution in [1.29, 1.82) is 0 Å². The van der Waals surface area contributed by atoms with Crippen molar-refractivity contribution in [1.82, 2.24) is 20.0 Å². The number of nitrogens with zero attached hydrogens (tertiary/aromatic N) is 3. The van der Waals surface area contributed by atoms with E-state index in [1.54, 1.807) is 0 Å². The molecule has 2 heterocycles. The lowest BCUT2D eigenvalue weighted by Crippen LogP contribution is -2.50. The molecule has 0 radical (unpaired) electrons. The number of aromatic nitrogens is 2. The van der Waals surface area contributed by atoms with Gasteiger partial charge in [-0.3, -0.25) is 9.48 Å². The molecule has 0 aromatic carbocycles. The molecular weight excluding hydrogens is 288 g/mol. The van der Waals surface area contributed by atoms with Gasteiger partial charge in [-0.05, 0) is 65.6 Å². The molecule has 0 saturated carbocycles. The second-order valence-electron chi connectivity index (χ2n) is 7.00. The third-order valence-corrected chi connectivity index (χ3v) is 5.26. The van der Waals surface area contributed by atoms with Gasteiger partial charge in [0.05, 0.1) is 11.1 Å². The molecule has 23 heavy (non-hydrogen) atoms. The number of aryl methyl sites for hydroxylation is 2. The molecular formula is C18H32N4O. The summed E-state index contributed by atoms with van der Waals surface area (Å²) in [4.78, 5) is 15.0. The van der Waals surface area contributed by atoms with E-state index in [9.17, 15) is 4.79 Å². The molecule has 0 bridgehead atoms. The van der Waals surface area contributed by atoms with Crippen LogP contribution in [0.1, 0.15) is 50.6 Å². The highest BCUT2D eigenvalue weighted by Crippen LogP contribution is 2.29. The van der Waals surface area contributed by atoms with Crippen molar-refractivity contribution in [3.63, 3.8) is 0 Å². The summed E-state index contributed by atoms with van der Waals surface area (Å²) in [5.74, 6) is 0.203. The Hall–Kier alpha value is -1.36. The van der Waals surface area contributed by atoms with Crippen LogP contribution in [0, 0.1) is 19.3 Å². The van der Waals surface area contributed by atoms with Gasteiger partial charge in [0.2, 0.25) is 5.91 Å². The first kappa shape index (κ1) is 18.0. The molecule has 1 unspecified atom stereocenters. The van der Waals surface area contributed by atoms with Gasteiger partial charge in [0.25, 0.3) is 0 Å². The Morgan fingerprint density at radius 3 is 2.65 bits per heavy atom. The standard InChI is InChI=1S/C18H32N4O/c1-6-21-12-8-10-18(5,13-21)17(23)19-11-9-16-14(3)20-22(7-2)15(16)4/h6-13H2,1-5H3,(H,19,23). The van der Waals surface area contributed by atoms with Crippen molar-refractivity contribution < 1.29 is 4.79 Å². The van der Waals surface area contributed by atoms with Crippen LogP contribution in [0.2, 0.25) is 0 Å². The van der Waals surface area contributed by atoms with Crippen molar-refractivity contribution in [3.05, 3.63) is 17.0 Å². The van der Waals surface area contributed by atoms with Gasteiger partial charge in [0, 0.05) is 25.3 Å². The molecule has 1 aromatic rings. The first-order valence-electron chi connectivity index (χ1n) is 8.94. The molecule has 2 rings (SSSR count). The molecule has 0 spiro atoms. The predicted octanol–water partition coefficient (Wildman–Crippen LogP) is 2.30. The summed E-state index contributed by atoms with van der Waals surface area (Å²) in [6.45, 7) is 15.2. The lowest BCUT2D eigenvalue weighted by Gasteiger charge is -2.38. The summed E-state index contributed by atoms with van der Waals surface area (Å²) >= 11 is 0. The Kier molecular flexibility index (Phi) is 5.84. The second-order valence-corrected chi connectivity index (χ2v) is 7.00. The Labute approximate surface area is 140 Å². The zero-order valence-electron chi connectivity index (χ0n) is 15.4. The minimum atomic E-state index is -0.244. The van der Waals surface area contributed by atoms with E-state index in [0.717, 1.165) is 51.1 Å². The number of carbonyl (C=O) groups is 1. The van der Waals surface area contributed by atoms with Gasteiger partial charge in [-0.2, -0.15) is 5.10 Å². The summed E-state index contributed by atoms with van der Waals surface area (Å²) in [6.07, 6.45) is 2.96. The number of carbonyl (C=O) groups excluding carboxylic acids is 1. The van der Waals surface area contributed by atoms with Crippen LogP contribution in [0.25, 0.3) is 0 Å². The van der Waals surface area contributed by atoms with E-state index in [-0.39, 0.29) is 11.3 Å². The molecule has 130 valence electrons. The zero-order valence-corrected chi connectivity index (χ0v) is 15.4. The average Bonchev–Trinajstić information content (AvgIpc) is 2.81. The Morgan fingerprint density at radius 1 is 1.30 bits per heavy atom. The Balaban J connectivity index is 1.91. The maximum Gasteiger partial charge on any atom is 0.227 e. The number of hydrogen-bond acceptors (Lipinski definition) is 3. The summed E-state index contributed by atoms with van der Waals surface area (Å²) in [6, 6.07) is 0. The summed E-state index contributed by atoms with van der Waals surface area (Å²) in [7, 11) is 0. The molecule has 5 heteroatoms. The van der Waals surface area contributed by atoms with Crippen molar-refractivity contribution in [2.24, 2.45) is 5.41 Å². The summed E-state index contributed by atoms with van der Waals surface area (Å²) in [5, 5.41) is 7.71. The monoisotopic (exact) mass is 320 g/mol. The van der Waals surface area contributed by atoms with E-state index in [1.807, 2.05) is 4.68 Å². The third kappa shape index (κ3) is 3.94. The quantitative estimate of drug-likeness (QED) is 0.875. The lowest BCUT2D eigenvalue weighted by atomic mass is 9.81. The maximum atomic E-state index is 12.6. The van der Waals surface area contributed by atoms with Gasteiger partial charge in [-0.1, -0.05) is 6.92 Å². The average molecular weight is 320 g/mol. The van der Waals surface area contributed by atoms with Crippen LogP contribution in [0.4, 0.5) is 0 Å². The van der Waals surface area contributed by atoms with Crippen LogP contribution < -0.4 is 5.32 Å². The van der Waals surface area contributed by atoms with Crippen molar-refractivity contribution in [2.75, 3.05) is 26.2 Å². The number of rotatable bonds is 6. The molecule has 1 saturated heterocycles. The van der Waals surface area contributed by atoms with Gasteiger partial charge in [-0.15, -0.1) is 0 Å². The molecule has 5 nitrogen and oxygen atoms in total. The van der Waals surface area contributed by atoms with E-state index in [2.05, 4.69) is 49.9 Å². The van der Waals surface area contributed by atoms with E-state index in [1.165, 1.54) is 11.3 Å². The molecule has 1 aliphatic rings. The number of piperidine rings is 1.